The second kappa shape index (κ2) is 6.47. The van der Waals surface area contributed by atoms with Gasteiger partial charge in [0.2, 0.25) is 0 Å². The van der Waals surface area contributed by atoms with Crippen molar-refractivity contribution in [2.24, 2.45) is 5.11 Å². The van der Waals surface area contributed by atoms with E-state index >= 15 is 0 Å². The Morgan fingerprint density at radius 2 is 2.19 bits per heavy atom. The number of hydrogen-bond donors (Lipinski definition) is 0. The highest BCUT2D eigenvalue weighted by molar-refractivity contribution is 5.89. The van der Waals surface area contributed by atoms with Crippen molar-refractivity contribution in [3.63, 3.8) is 0 Å². The van der Waals surface area contributed by atoms with Crippen LogP contribution in [-0.2, 0) is 19.0 Å². The number of nitrogens with zero attached hydrogens (tertiary/aromatic N) is 3. The highest BCUT2D eigenvalue weighted by Crippen LogP contribution is 2.41. The molecule has 7 heteroatoms. The van der Waals surface area contributed by atoms with Crippen LogP contribution in [-0.4, -0.2) is 36.6 Å². The molecule has 0 aromatic rings. The zero-order valence-corrected chi connectivity index (χ0v) is 12.6. The predicted octanol–water partition coefficient (Wildman–Crippen LogP) is 2.86. The highest BCUT2D eigenvalue weighted by Gasteiger charge is 2.50. The molecular weight excluding hydrogens is 274 g/mol. The second-order valence-electron chi connectivity index (χ2n) is 5.17. The Balaban J connectivity index is 2.28. The molecule has 0 saturated carbocycles. The molecule has 21 heavy (non-hydrogen) atoms. The molecule has 0 N–H and O–H groups in total. The molecule has 0 bridgehead atoms. The zero-order chi connectivity index (χ0) is 15.5. The molecule has 7 nitrogen and oxygen atoms in total. The van der Waals surface area contributed by atoms with Gasteiger partial charge in [0.05, 0.1) is 18.8 Å². The van der Waals surface area contributed by atoms with Crippen LogP contribution in [0.25, 0.3) is 10.4 Å². The van der Waals surface area contributed by atoms with Gasteiger partial charge in [-0.05, 0) is 37.8 Å². The molecule has 2 rings (SSSR count). The first-order chi connectivity index (χ1) is 10.1. The molecule has 116 valence electrons. The van der Waals surface area contributed by atoms with Crippen molar-refractivity contribution >= 4 is 5.97 Å². The highest BCUT2D eigenvalue weighted by atomic mass is 16.8. The maximum absolute atomic E-state index is 11.9. The van der Waals surface area contributed by atoms with Gasteiger partial charge in [0.15, 0.2) is 5.79 Å². The third-order valence-corrected chi connectivity index (χ3v) is 4.01. The quantitative estimate of drug-likeness (QED) is 0.337. The Bertz CT molecular complexity index is 481. The maximum Gasteiger partial charge on any atom is 0.333 e. The summed E-state index contributed by atoms with van der Waals surface area (Å²) >= 11 is 0. The molecule has 1 aliphatic carbocycles. The number of carbonyl (C=O) groups is 1. The van der Waals surface area contributed by atoms with Crippen LogP contribution in [0.3, 0.4) is 0 Å². The van der Waals surface area contributed by atoms with Gasteiger partial charge in [-0.1, -0.05) is 19.0 Å². The Labute approximate surface area is 123 Å². The summed E-state index contributed by atoms with van der Waals surface area (Å²) in [7, 11) is 0. The summed E-state index contributed by atoms with van der Waals surface area (Å²) in [6, 6.07) is -0.454. The number of ether oxygens (including phenoxy) is 3. The van der Waals surface area contributed by atoms with Gasteiger partial charge in [-0.3, -0.25) is 0 Å². The summed E-state index contributed by atoms with van der Waals surface area (Å²) in [5, 5.41) is 3.78. The van der Waals surface area contributed by atoms with Gasteiger partial charge in [-0.15, -0.1) is 0 Å². The summed E-state index contributed by atoms with van der Waals surface area (Å²) in [5.41, 5.74) is 9.23. The molecule has 0 aromatic heterocycles. The lowest BCUT2D eigenvalue weighted by Gasteiger charge is -2.27. The van der Waals surface area contributed by atoms with Crippen LogP contribution >= 0.6 is 0 Å². The van der Waals surface area contributed by atoms with Crippen molar-refractivity contribution in [1.82, 2.24) is 0 Å². The molecule has 0 radical (unpaired) electrons. The van der Waals surface area contributed by atoms with E-state index in [1.54, 1.807) is 13.0 Å². The van der Waals surface area contributed by atoms with E-state index in [-0.39, 0.29) is 18.2 Å². The maximum atomic E-state index is 11.9. The van der Waals surface area contributed by atoms with E-state index in [1.165, 1.54) is 0 Å². The van der Waals surface area contributed by atoms with Crippen LogP contribution < -0.4 is 0 Å². The van der Waals surface area contributed by atoms with Crippen LogP contribution in [0.1, 0.15) is 40.0 Å². The summed E-state index contributed by atoms with van der Waals surface area (Å²) in [6.45, 7) is 6.03. The average molecular weight is 295 g/mol. The van der Waals surface area contributed by atoms with E-state index in [1.807, 2.05) is 13.8 Å². The van der Waals surface area contributed by atoms with Crippen LogP contribution in [0.2, 0.25) is 0 Å². The van der Waals surface area contributed by atoms with Gasteiger partial charge < -0.3 is 14.2 Å². The second-order valence-corrected chi connectivity index (χ2v) is 5.17. The van der Waals surface area contributed by atoms with E-state index in [9.17, 15) is 4.79 Å². The minimum Gasteiger partial charge on any atom is -0.463 e. The molecule has 0 unspecified atom stereocenters. The lowest BCUT2D eigenvalue weighted by molar-refractivity contribution is -0.177. The summed E-state index contributed by atoms with van der Waals surface area (Å²) in [6.07, 6.45) is 2.73. The Hall–Kier alpha value is -1.56. The number of esters is 1. The first-order valence-electron chi connectivity index (χ1n) is 7.36. The van der Waals surface area contributed by atoms with E-state index in [0.29, 0.717) is 31.4 Å². The molecule has 0 amide bonds. The van der Waals surface area contributed by atoms with Gasteiger partial charge in [-0.2, -0.15) is 0 Å². The number of fused-ring (bicyclic) bond motifs is 1. The number of rotatable bonds is 5. The van der Waals surface area contributed by atoms with Crippen molar-refractivity contribution in [3.05, 3.63) is 22.1 Å². The van der Waals surface area contributed by atoms with Gasteiger partial charge in [0, 0.05) is 10.5 Å². The Morgan fingerprint density at radius 1 is 1.48 bits per heavy atom. The summed E-state index contributed by atoms with van der Waals surface area (Å²) < 4.78 is 17.0. The van der Waals surface area contributed by atoms with Gasteiger partial charge >= 0.3 is 5.97 Å². The fourth-order valence-electron chi connectivity index (χ4n) is 2.82. The van der Waals surface area contributed by atoms with E-state index in [4.69, 9.17) is 19.7 Å². The molecule has 1 heterocycles. The minimum atomic E-state index is -0.667. The first kappa shape index (κ1) is 15.8. The lowest BCUT2D eigenvalue weighted by atomic mass is 9.91. The van der Waals surface area contributed by atoms with E-state index < -0.39 is 11.8 Å². The van der Waals surface area contributed by atoms with Gasteiger partial charge in [-0.25, -0.2) is 4.79 Å². The Kier molecular flexibility index (Phi) is 4.88. The fraction of sp³-hybridized carbons (Fsp3) is 0.786. The van der Waals surface area contributed by atoms with Crippen LogP contribution in [0.4, 0.5) is 0 Å². The Morgan fingerprint density at radius 3 is 2.76 bits per heavy atom. The number of azide groups is 1. The van der Waals surface area contributed by atoms with E-state index in [2.05, 4.69) is 10.0 Å². The fourth-order valence-corrected chi connectivity index (χ4v) is 2.82. The lowest BCUT2D eigenvalue weighted by Crippen LogP contribution is -2.38. The predicted molar refractivity (Wildman–Crippen MR) is 75.3 cm³/mol. The van der Waals surface area contributed by atoms with Crippen LogP contribution in [0.5, 0.6) is 0 Å². The zero-order valence-electron chi connectivity index (χ0n) is 12.6. The molecule has 1 saturated heterocycles. The topological polar surface area (TPSA) is 93.5 Å². The molecule has 1 aliphatic heterocycles. The molecule has 0 spiro atoms. The normalized spacial score (nSPS) is 30.0. The largest absolute Gasteiger partial charge is 0.463 e. The first-order valence-corrected chi connectivity index (χ1v) is 7.36. The van der Waals surface area contributed by atoms with Crippen molar-refractivity contribution in [2.45, 2.75) is 64.1 Å². The van der Waals surface area contributed by atoms with Crippen molar-refractivity contribution in [1.29, 1.82) is 0 Å². The molecule has 1 fully saturated rings. The average Bonchev–Trinajstić information content (AvgIpc) is 2.87. The van der Waals surface area contributed by atoms with E-state index in [0.717, 1.165) is 0 Å². The third kappa shape index (κ3) is 3.05. The SMILES string of the molecule is CCOC(=O)C1=C[C@H]2OC(CC)(CC)O[C@H]2[C@H](N=[N+]=[N-])C1. The van der Waals surface area contributed by atoms with Crippen LogP contribution in [0, 0.1) is 0 Å². The monoisotopic (exact) mass is 295 g/mol. The third-order valence-electron chi connectivity index (χ3n) is 4.01. The molecule has 0 aromatic carbocycles. The summed E-state index contributed by atoms with van der Waals surface area (Å²) in [4.78, 5) is 14.8. The minimum absolute atomic E-state index is 0.307. The standard InChI is InChI=1S/C14H21N3O4/c1-4-14(5-2)20-11-8-9(13(18)19-6-3)7-10(16-17-15)12(11)21-14/h8,10-12H,4-7H2,1-3H3/t10-,11-,12+/m1/s1. The molecule has 2 aliphatic rings. The van der Waals surface area contributed by atoms with Crippen molar-refractivity contribution < 1.29 is 19.0 Å². The number of hydrogen-bond acceptors (Lipinski definition) is 5. The van der Waals surface area contributed by atoms with Crippen molar-refractivity contribution in [2.75, 3.05) is 6.61 Å². The smallest absolute Gasteiger partial charge is 0.333 e. The van der Waals surface area contributed by atoms with Crippen LogP contribution in [0.15, 0.2) is 16.8 Å². The van der Waals surface area contributed by atoms with Gasteiger partial charge in [0.25, 0.3) is 0 Å². The number of carbonyl (C=O) groups excluding carboxylic acids is 1. The summed E-state index contributed by atoms with van der Waals surface area (Å²) in [5.74, 6) is -1.05. The molecule has 3 atom stereocenters. The van der Waals surface area contributed by atoms with Gasteiger partial charge in [0.1, 0.15) is 6.10 Å². The molecular formula is C14H21N3O4. The van der Waals surface area contributed by atoms with Crippen molar-refractivity contribution in [3.8, 4) is 0 Å².